The van der Waals surface area contributed by atoms with E-state index in [1.54, 1.807) is 0 Å². The zero-order valence-corrected chi connectivity index (χ0v) is 8.64. The van der Waals surface area contributed by atoms with Crippen molar-refractivity contribution >= 4 is 17.6 Å². The van der Waals surface area contributed by atoms with Crippen LogP contribution in [0, 0.1) is 5.82 Å². The smallest absolute Gasteiger partial charge is 0.477 e. The van der Waals surface area contributed by atoms with E-state index in [0.29, 0.717) is 6.20 Å². The van der Waals surface area contributed by atoms with E-state index in [4.69, 9.17) is 16.7 Å². The monoisotopic (exact) mass is 273 g/mol. The van der Waals surface area contributed by atoms with E-state index in [2.05, 4.69) is 9.72 Å². The van der Waals surface area contributed by atoms with Crippen LogP contribution in [0.25, 0.3) is 0 Å². The third kappa shape index (κ3) is 3.19. The first-order valence-electron chi connectivity index (χ1n) is 3.98. The van der Waals surface area contributed by atoms with E-state index >= 15 is 0 Å². The van der Waals surface area contributed by atoms with Gasteiger partial charge in [0.05, 0.1) is 17.8 Å². The third-order valence-electron chi connectivity index (χ3n) is 1.62. The van der Waals surface area contributed by atoms with Gasteiger partial charge >= 0.3 is 12.3 Å². The number of alkyl halides is 4. The third-order valence-corrected chi connectivity index (χ3v) is 1.88. The van der Waals surface area contributed by atoms with Gasteiger partial charge in [-0.25, -0.2) is 9.18 Å². The van der Waals surface area contributed by atoms with Gasteiger partial charge in [-0.3, -0.25) is 4.98 Å². The number of hydrogen-bond donors (Lipinski definition) is 1. The molecule has 0 radical (unpaired) electrons. The molecule has 0 aliphatic carbocycles. The maximum atomic E-state index is 13.1. The first-order valence-corrected chi connectivity index (χ1v) is 4.52. The first-order chi connectivity index (χ1) is 7.76. The maximum absolute atomic E-state index is 13.1. The summed E-state index contributed by atoms with van der Waals surface area (Å²) in [5.74, 6) is -5.29. The van der Waals surface area contributed by atoms with Crippen LogP contribution in [0.1, 0.15) is 16.1 Å². The average Bonchev–Trinajstić information content (AvgIpc) is 2.18. The molecule has 1 aromatic heterocycles. The molecule has 0 amide bonds. The van der Waals surface area contributed by atoms with Gasteiger partial charge in [-0.05, 0) is 0 Å². The molecule has 0 fully saturated rings. The van der Waals surface area contributed by atoms with Gasteiger partial charge < -0.3 is 9.84 Å². The Morgan fingerprint density at radius 1 is 1.53 bits per heavy atom. The van der Waals surface area contributed by atoms with Crippen molar-refractivity contribution in [3.63, 3.8) is 0 Å². The summed E-state index contributed by atoms with van der Waals surface area (Å²) in [6.07, 6.45) is -4.80. The highest BCUT2D eigenvalue weighted by molar-refractivity contribution is 6.17. The Labute approximate surface area is 96.8 Å². The van der Waals surface area contributed by atoms with Crippen molar-refractivity contribution in [1.82, 2.24) is 4.98 Å². The lowest BCUT2D eigenvalue weighted by Crippen LogP contribution is -2.21. The molecular formula is C8H4ClF4NO3. The normalized spacial score (nSPS) is 11.4. The highest BCUT2D eigenvalue weighted by Crippen LogP contribution is 2.31. The molecule has 0 unspecified atom stereocenters. The molecule has 0 aliphatic rings. The second kappa shape index (κ2) is 4.74. The van der Waals surface area contributed by atoms with E-state index in [1.807, 2.05) is 0 Å². The van der Waals surface area contributed by atoms with Gasteiger partial charge in [0.2, 0.25) is 0 Å². The Kier molecular flexibility index (Phi) is 3.76. The van der Waals surface area contributed by atoms with Crippen molar-refractivity contribution in [2.75, 3.05) is 0 Å². The Balaban J connectivity index is 3.39. The predicted octanol–water partition coefficient (Wildman–Crippen LogP) is 2.56. The van der Waals surface area contributed by atoms with Gasteiger partial charge in [0.1, 0.15) is 5.56 Å². The second-order valence-corrected chi connectivity index (χ2v) is 3.01. The SMILES string of the molecule is O=C(O)c1c(CCl)ncc(F)c1OC(F)(F)F. The van der Waals surface area contributed by atoms with Crippen molar-refractivity contribution in [1.29, 1.82) is 0 Å². The average molecular weight is 274 g/mol. The highest BCUT2D eigenvalue weighted by atomic mass is 35.5. The molecule has 0 saturated heterocycles. The molecule has 0 spiro atoms. The summed E-state index contributed by atoms with van der Waals surface area (Å²) in [4.78, 5) is 14.0. The molecular weight excluding hydrogens is 270 g/mol. The van der Waals surface area contributed by atoms with Gasteiger partial charge in [0, 0.05) is 0 Å². The summed E-state index contributed by atoms with van der Waals surface area (Å²) in [6.45, 7) is 0. The Hall–Kier alpha value is -1.57. The van der Waals surface area contributed by atoms with Crippen LogP contribution in [0.5, 0.6) is 5.75 Å². The summed E-state index contributed by atoms with van der Waals surface area (Å²) >= 11 is 5.29. The fraction of sp³-hybridized carbons (Fsp3) is 0.250. The van der Waals surface area contributed by atoms with Crippen molar-refractivity contribution < 1.29 is 32.2 Å². The van der Waals surface area contributed by atoms with Crippen LogP contribution < -0.4 is 4.74 Å². The summed E-state index contributed by atoms with van der Waals surface area (Å²) in [5, 5.41) is 8.69. The molecule has 1 heterocycles. The summed E-state index contributed by atoms with van der Waals surface area (Å²) in [7, 11) is 0. The molecule has 0 atom stereocenters. The van der Waals surface area contributed by atoms with Gasteiger partial charge in [-0.1, -0.05) is 0 Å². The number of halogens is 5. The lowest BCUT2D eigenvalue weighted by Gasteiger charge is -2.13. The number of aromatic carboxylic acids is 1. The maximum Gasteiger partial charge on any atom is 0.573 e. The van der Waals surface area contributed by atoms with Crippen LogP contribution in [0.4, 0.5) is 17.6 Å². The quantitative estimate of drug-likeness (QED) is 0.679. The molecule has 1 N–H and O–H groups in total. The van der Waals surface area contributed by atoms with Crippen LogP contribution >= 0.6 is 11.6 Å². The number of ether oxygens (including phenoxy) is 1. The highest BCUT2D eigenvalue weighted by Gasteiger charge is 2.35. The largest absolute Gasteiger partial charge is 0.573 e. The Morgan fingerprint density at radius 2 is 2.12 bits per heavy atom. The lowest BCUT2D eigenvalue weighted by molar-refractivity contribution is -0.275. The van der Waals surface area contributed by atoms with Crippen LogP contribution in [0.3, 0.4) is 0 Å². The minimum absolute atomic E-state index is 0.408. The van der Waals surface area contributed by atoms with E-state index in [-0.39, 0.29) is 0 Å². The Bertz CT molecular complexity index is 449. The van der Waals surface area contributed by atoms with Crippen molar-refractivity contribution in [2.24, 2.45) is 0 Å². The van der Waals surface area contributed by atoms with Crippen molar-refractivity contribution in [3.8, 4) is 5.75 Å². The number of carboxylic acid groups (broad SMARTS) is 1. The van der Waals surface area contributed by atoms with Crippen LogP contribution in [-0.2, 0) is 5.88 Å². The zero-order valence-electron chi connectivity index (χ0n) is 7.89. The standard InChI is InChI=1S/C8H4ClF4NO3/c9-1-4-5(7(15)16)6(3(10)2-14-4)17-8(11,12)13/h2H,1H2,(H,15,16). The van der Waals surface area contributed by atoms with Gasteiger partial charge in [-0.15, -0.1) is 24.8 Å². The van der Waals surface area contributed by atoms with E-state index < -0.39 is 41.0 Å². The minimum atomic E-state index is -5.21. The molecule has 17 heavy (non-hydrogen) atoms. The van der Waals surface area contributed by atoms with E-state index in [9.17, 15) is 22.4 Å². The number of carbonyl (C=O) groups is 1. The van der Waals surface area contributed by atoms with Crippen LogP contribution in [0.2, 0.25) is 0 Å². The molecule has 4 nitrogen and oxygen atoms in total. The molecule has 0 aromatic carbocycles. The topological polar surface area (TPSA) is 59.4 Å². The lowest BCUT2D eigenvalue weighted by atomic mass is 10.2. The zero-order chi connectivity index (χ0) is 13.2. The predicted molar refractivity (Wildman–Crippen MR) is 47.4 cm³/mol. The molecule has 9 heteroatoms. The molecule has 94 valence electrons. The summed E-state index contributed by atoms with van der Waals surface area (Å²) in [6, 6.07) is 0. The first kappa shape index (κ1) is 13.5. The number of rotatable bonds is 3. The fourth-order valence-electron chi connectivity index (χ4n) is 1.05. The molecule has 0 aliphatic heterocycles. The second-order valence-electron chi connectivity index (χ2n) is 2.74. The van der Waals surface area contributed by atoms with Crippen molar-refractivity contribution in [3.05, 3.63) is 23.3 Å². The van der Waals surface area contributed by atoms with E-state index in [0.717, 1.165) is 0 Å². The fourth-order valence-corrected chi connectivity index (χ4v) is 1.25. The van der Waals surface area contributed by atoms with Crippen LogP contribution in [0.15, 0.2) is 6.20 Å². The summed E-state index contributed by atoms with van der Waals surface area (Å²) in [5.41, 5.74) is -1.46. The van der Waals surface area contributed by atoms with Gasteiger partial charge in [0.25, 0.3) is 0 Å². The summed E-state index contributed by atoms with van der Waals surface area (Å²) < 4.78 is 52.3. The van der Waals surface area contributed by atoms with Crippen LogP contribution in [-0.4, -0.2) is 22.4 Å². The molecule has 0 saturated carbocycles. The molecule has 1 rings (SSSR count). The number of nitrogens with zero attached hydrogens (tertiary/aromatic N) is 1. The molecule has 0 bridgehead atoms. The Morgan fingerprint density at radius 3 is 2.53 bits per heavy atom. The number of carboxylic acids is 1. The number of pyridine rings is 1. The van der Waals surface area contributed by atoms with E-state index in [1.165, 1.54) is 0 Å². The van der Waals surface area contributed by atoms with Crippen molar-refractivity contribution in [2.45, 2.75) is 12.2 Å². The number of aromatic nitrogens is 1. The minimum Gasteiger partial charge on any atom is -0.477 e. The number of hydrogen-bond acceptors (Lipinski definition) is 3. The molecule has 1 aromatic rings. The van der Waals surface area contributed by atoms with Gasteiger partial charge in [0.15, 0.2) is 11.6 Å². The van der Waals surface area contributed by atoms with Gasteiger partial charge in [-0.2, -0.15) is 0 Å².